The number of hydrogen-bond donors (Lipinski definition) is 1. The standard InChI is InChI=1S/C24H23N3O3/c1-16-3-6-19(15-17(16)2)27-14-11-22(24(27)29)23(28)26-18-4-7-20(8-5-18)30-21-9-12-25-13-10-21/h3-10,12-13,15,22H,11,14H2,1-2H3,(H,26,28). The first-order chi connectivity index (χ1) is 14.5. The van der Waals surface area contributed by atoms with Crippen molar-refractivity contribution in [1.29, 1.82) is 0 Å². The maximum Gasteiger partial charge on any atom is 0.239 e. The number of nitrogens with one attached hydrogen (secondary N) is 1. The lowest BCUT2D eigenvalue weighted by molar-refractivity contribution is -0.129. The normalized spacial score (nSPS) is 15.9. The van der Waals surface area contributed by atoms with Crippen molar-refractivity contribution in [2.24, 2.45) is 5.92 Å². The fraction of sp³-hybridized carbons (Fsp3) is 0.208. The first-order valence-corrected chi connectivity index (χ1v) is 9.89. The molecule has 0 bridgehead atoms. The van der Waals surface area contributed by atoms with Gasteiger partial charge in [0, 0.05) is 30.3 Å². The Morgan fingerprint density at radius 1 is 1.00 bits per heavy atom. The molecule has 0 aliphatic carbocycles. The highest BCUT2D eigenvalue weighted by atomic mass is 16.5. The van der Waals surface area contributed by atoms with Crippen LogP contribution in [0.15, 0.2) is 67.0 Å². The molecule has 1 aliphatic heterocycles. The topological polar surface area (TPSA) is 71.5 Å². The number of hydrogen-bond acceptors (Lipinski definition) is 4. The fourth-order valence-corrected chi connectivity index (χ4v) is 3.45. The molecule has 1 fully saturated rings. The van der Waals surface area contributed by atoms with E-state index < -0.39 is 5.92 Å². The molecule has 2 amide bonds. The van der Waals surface area contributed by atoms with Crippen LogP contribution in [0.5, 0.6) is 11.5 Å². The van der Waals surface area contributed by atoms with Gasteiger partial charge in [-0.05, 0) is 79.9 Å². The first-order valence-electron chi connectivity index (χ1n) is 9.89. The van der Waals surface area contributed by atoms with Gasteiger partial charge in [-0.1, -0.05) is 6.07 Å². The maximum absolute atomic E-state index is 12.8. The van der Waals surface area contributed by atoms with Crippen molar-refractivity contribution in [1.82, 2.24) is 4.98 Å². The van der Waals surface area contributed by atoms with E-state index >= 15 is 0 Å². The van der Waals surface area contributed by atoms with Crippen LogP contribution in [0.1, 0.15) is 17.5 Å². The van der Waals surface area contributed by atoms with Crippen LogP contribution >= 0.6 is 0 Å². The Labute approximate surface area is 175 Å². The van der Waals surface area contributed by atoms with E-state index in [-0.39, 0.29) is 11.8 Å². The Morgan fingerprint density at radius 2 is 1.70 bits per heavy atom. The minimum absolute atomic E-state index is 0.159. The molecule has 0 spiro atoms. The average Bonchev–Trinajstić information content (AvgIpc) is 3.14. The summed E-state index contributed by atoms with van der Waals surface area (Å²) in [6.07, 6.45) is 3.81. The molecule has 0 saturated carbocycles. The number of aromatic nitrogens is 1. The fourth-order valence-electron chi connectivity index (χ4n) is 3.45. The van der Waals surface area contributed by atoms with E-state index in [4.69, 9.17) is 4.74 Å². The third-order valence-corrected chi connectivity index (χ3v) is 5.33. The van der Waals surface area contributed by atoms with Gasteiger partial charge >= 0.3 is 0 Å². The van der Waals surface area contributed by atoms with Gasteiger partial charge in [0.25, 0.3) is 0 Å². The molecule has 1 atom stereocenters. The van der Waals surface area contributed by atoms with Crippen molar-refractivity contribution in [2.75, 3.05) is 16.8 Å². The summed E-state index contributed by atoms with van der Waals surface area (Å²) < 4.78 is 5.72. The van der Waals surface area contributed by atoms with Crippen LogP contribution in [0.25, 0.3) is 0 Å². The van der Waals surface area contributed by atoms with Crippen LogP contribution in [0.4, 0.5) is 11.4 Å². The predicted octanol–water partition coefficient (Wildman–Crippen LogP) is 4.48. The SMILES string of the molecule is Cc1ccc(N2CCC(C(=O)Nc3ccc(Oc4ccncc4)cc3)C2=O)cc1C. The number of anilines is 2. The molecule has 2 heterocycles. The minimum Gasteiger partial charge on any atom is -0.457 e. The second-order valence-electron chi connectivity index (χ2n) is 7.40. The molecule has 0 radical (unpaired) electrons. The Bertz CT molecular complexity index is 1060. The summed E-state index contributed by atoms with van der Waals surface area (Å²) in [7, 11) is 0. The summed E-state index contributed by atoms with van der Waals surface area (Å²) in [5, 5.41) is 2.85. The third-order valence-electron chi connectivity index (χ3n) is 5.33. The van der Waals surface area contributed by atoms with E-state index in [1.165, 1.54) is 5.56 Å². The highest BCUT2D eigenvalue weighted by Crippen LogP contribution is 2.28. The molecular weight excluding hydrogens is 378 g/mol. The molecule has 30 heavy (non-hydrogen) atoms. The summed E-state index contributed by atoms with van der Waals surface area (Å²) in [6, 6.07) is 16.5. The van der Waals surface area contributed by atoms with E-state index in [0.29, 0.717) is 30.2 Å². The maximum atomic E-state index is 12.8. The lowest BCUT2D eigenvalue weighted by Gasteiger charge is -2.18. The molecule has 1 N–H and O–H groups in total. The molecule has 1 aliphatic rings. The van der Waals surface area contributed by atoms with Crippen LogP contribution in [0, 0.1) is 19.8 Å². The minimum atomic E-state index is -0.681. The van der Waals surface area contributed by atoms with Gasteiger partial charge in [0.1, 0.15) is 17.4 Å². The molecule has 6 nitrogen and oxygen atoms in total. The van der Waals surface area contributed by atoms with Crippen LogP contribution in [0.3, 0.4) is 0 Å². The quantitative estimate of drug-likeness (QED) is 0.640. The molecule has 152 valence electrons. The van der Waals surface area contributed by atoms with Gasteiger partial charge in [-0.15, -0.1) is 0 Å². The molecule has 3 aromatic rings. The summed E-state index contributed by atoms with van der Waals surface area (Å²) in [5.74, 6) is 0.212. The van der Waals surface area contributed by atoms with Gasteiger partial charge < -0.3 is 15.0 Å². The number of nitrogens with zero attached hydrogens (tertiary/aromatic N) is 2. The Kier molecular flexibility index (Phi) is 5.48. The van der Waals surface area contributed by atoms with Crippen molar-refractivity contribution in [3.8, 4) is 11.5 Å². The number of aryl methyl sites for hydroxylation is 2. The van der Waals surface area contributed by atoms with Gasteiger partial charge in [-0.25, -0.2) is 0 Å². The van der Waals surface area contributed by atoms with E-state index in [1.807, 2.05) is 32.0 Å². The predicted molar refractivity (Wildman–Crippen MR) is 116 cm³/mol. The number of amides is 2. The molecular formula is C24H23N3O3. The monoisotopic (exact) mass is 401 g/mol. The van der Waals surface area contributed by atoms with E-state index in [9.17, 15) is 9.59 Å². The lowest BCUT2D eigenvalue weighted by atomic mass is 10.1. The number of carbonyl (C=O) groups is 2. The second kappa shape index (κ2) is 8.37. The summed E-state index contributed by atoms with van der Waals surface area (Å²) >= 11 is 0. The van der Waals surface area contributed by atoms with Crippen LogP contribution < -0.4 is 15.0 Å². The van der Waals surface area contributed by atoms with Crippen LogP contribution in [0.2, 0.25) is 0 Å². The Morgan fingerprint density at radius 3 is 2.40 bits per heavy atom. The molecule has 1 unspecified atom stereocenters. The van der Waals surface area contributed by atoms with Crippen LogP contribution in [-0.2, 0) is 9.59 Å². The van der Waals surface area contributed by atoms with Gasteiger partial charge in [-0.2, -0.15) is 0 Å². The molecule has 2 aromatic carbocycles. The second-order valence-corrected chi connectivity index (χ2v) is 7.40. The van der Waals surface area contributed by atoms with Gasteiger partial charge in [0.15, 0.2) is 0 Å². The number of rotatable bonds is 5. The van der Waals surface area contributed by atoms with E-state index in [0.717, 1.165) is 11.3 Å². The highest BCUT2D eigenvalue weighted by molar-refractivity contribution is 6.13. The molecule has 4 rings (SSSR count). The number of pyridine rings is 1. The zero-order chi connectivity index (χ0) is 21.1. The van der Waals surface area contributed by atoms with Gasteiger partial charge in [-0.3, -0.25) is 14.6 Å². The van der Waals surface area contributed by atoms with Crippen LogP contribution in [-0.4, -0.2) is 23.3 Å². The lowest BCUT2D eigenvalue weighted by Crippen LogP contribution is -2.33. The van der Waals surface area contributed by atoms with Crippen molar-refractivity contribution >= 4 is 23.2 Å². The molecule has 1 aromatic heterocycles. The zero-order valence-electron chi connectivity index (χ0n) is 17.0. The number of carbonyl (C=O) groups excluding carboxylic acids is 2. The smallest absolute Gasteiger partial charge is 0.239 e. The molecule has 1 saturated heterocycles. The summed E-state index contributed by atoms with van der Waals surface area (Å²) in [6.45, 7) is 4.60. The van der Waals surface area contributed by atoms with Gasteiger partial charge in [0.2, 0.25) is 11.8 Å². The number of ether oxygens (including phenoxy) is 1. The summed E-state index contributed by atoms with van der Waals surface area (Å²) in [4.78, 5) is 31.2. The largest absolute Gasteiger partial charge is 0.457 e. The van der Waals surface area contributed by atoms with E-state index in [2.05, 4.69) is 10.3 Å². The first kappa shape index (κ1) is 19.6. The van der Waals surface area contributed by atoms with Crippen molar-refractivity contribution in [3.05, 3.63) is 78.1 Å². The highest BCUT2D eigenvalue weighted by Gasteiger charge is 2.37. The van der Waals surface area contributed by atoms with E-state index in [1.54, 1.807) is 53.7 Å². The zero-order valence-corrected chi connectivity index (χ0v) is 17.0. The van der Waals surface area contributed by atoms with Crippen molar-refractivity contribution < 1.29 is 14.3 Å². The van der Waals surface area contributed by atoms with Crippen molar-refractivity contribution in [3.63, 3.8) is 0 Å². The third kappa shape index (κ3) is 4.17. The van der Waals surface area contributed by atoms with Gasteiger partial charge in [0.05, 0.1) is 0 Å². The average molecular weight is 401 g/mol. The molecule has 6 heteroatoms. The van der Waals surface area contributed by atoms with Crippen molar-refractivity contribution in [2.45, 2.75) is 20.3 Å². The Hall–Kier alpha value is -3.67. The summed E-state index contributed by atoms with van der Waals surface area (Å²) in [5.41, 5.74) is 3.77. The Balaban J connectivity index is 1.39. The number of benzene rings is 2.